The Morgan fingerprint density at radius 2 is 2.06 bits per heavy atom. The van der Waals surface area contributed by atoms with Crippen LogP contribution in [0.2, 0.25) is 0 Å². The van der Waals surface area contributed by atoms with E-state index in [2.05, 4.69) is 31.7 Å². The second-order valence-electron chi connectivity index (χ2n) is 5.05. The van der Waals surface area contributed by atoms with Gasteiger partial charge in [-0.2, -0.15) is 0 Å². The molecule has 0 atom stereocenters. The van der Waals surface area contributed by atoms with Crippen LogP contribution >= 0.6 is 0 Å². The summed E-state index contributed by atoms with van der Waals surface area (Å²) >= 11 is 0. The van der Waals surface area contributed by atoms with Crippen LogP contribution in [0.3, 0.4) is 0 Å². The molecule has 1 aromatic rings. The highest BCUT2D eigenvalue weighted by atomic mass is 15.2. The summed E-state index contributed by atoms with van der Waals surface area (Å²) < 4.78 is 2.14. The fraction of sp³-hybridized carbons (Fsp3) is 0.769. The smallest absolute Gasteiger partial charge is 0.0945 e. The fourth-order valence-electron chi connectivity index (χ4n) is 2.30. The van der Waals surface area contributed by atoms with Gasteiger partial charge in [-0.3, -0.25) is 4.90 Å². The van der Waals surface area contributed by atoms with Gasteiger partial charge in [0.2, 0.25) is 0 Å². The monoisotopic (exact) mass is 251 g/mol. The van der Waals surface area contributed by atoms with E-state index in [1.807, 2.05) is 18.7 Å². The van der Waals surface area contributed by atoms with Crippen molar-refractivity contribution < 1.29 is 0 Å². The number of aromatic nitrogens is 2. The first-order valence-electron chi connectivity index (χ1n) is 6.92. The van der Waals surface area contributed by atoms with Gasteiger partial charge in [-0.1, -0.05) is 0 Å². The van der Waals surface area contributed by atoms with Gasteiger partial charge < -0.3 is 14.8 Å². The Kier molecular flexibility index (Phi) is 5.64. The Labute approximate surface area is 110 Å². The van der Waals surface area contributed by atoms with Gasteiger partial charge in [0, 0.05) is 58.2 Å². The second-order valence-corrected chi connectivity index (χ2v) is 5.05. The Morgan fingerprint density at radius 1 is 1.22 bits per heavy atom. The molecule has 2 rings (SSSR count). The molecule has 1 aliphatic heterocycles. The summed E-state index contributed by atoms with van der Waals surface area (Å²) in [5.41, 5.74) is 0. The third-order valence-corrected chi connectivity index (χ3v) is 3.52. The summed E-state index contributed by atoms with van der Waals surface area (Å²) in [5, 5.41) is 3.39. The van der Waals surface area contributed by atoms with Gasteiger partial charge >= 0.3 is 0 Å². The van der Waals surface area contributed by atoms with E-state index < -0.39 is 0 Å². The number of piperazine rings is 1. The first kappa shape index (κ1) is 13.5. The fourth-order valence-corrected chi connectivity index (χ4v) is 2.30. The third kappa shape index (κ3) is 4.76. The molecule has 5 nitrogen and oxygen atoms in total. The van der Waals surface area contributed by atoms with Crippen molar-refractivity contribution in [2.45, 2.75) is 13.0 Å². The molecule has 0 aromatic carbocycles. The molecule has 0 bridgehead atoms. The number of hydrogen-bond donors (Lipinski definition) is 1. The van der Waals surface area contributed by atoms with Crippen LogP contribution in [0.15, 0.2) is 18.7 Å². The van der Waals surface area contributed by atoms with E-state index in [-0.39, 0.29) is 0 Å². The summed E-state index contributed by atoms with van der Waals surface area (Å²) in [7, 11) is 2.22. The average molecular weight is 251 g/mol. The van der Waals surface area contributed by atoms with Crippen molar-refractivity contribution in [2.75, 3.05) is 52.9 Å². The maximum atomic E-state index is 4.05. The van der Waals surface area contributed by atoms with Gasteiger partial charge in [0.05, 0.1) is 6.33 Å². The molecule has 1 N–H and O–H groups in total. The third-order valence-electron chi connectivity index (χ3n) is 3.52. The van der Waals surface area contributed by atoms with Crippen molar-refractivity contribution in [3.63, 3.8) is 0 Å². The normalized spacial score (nSPS) is 17.4. The van der Waals surface area contributed by atoms with Crippen molar-refractivity contribution in [2.24, 2.45) is 0 Å². The first-order valence-corrected chi connectivity index (χ1v) is 6.92. The van der Waals surface area contributed by atoms with Crippen LogP contribution < -0.4 is 5.32 Å². The molecule has 2 heterocycles. The van der Waals surface area contributed by atoms with Crippen LogP contribution in [0.5, 0.6) is 0 Å². The number of nitrogens with one attached hydrogen (secondary N) is 1. The van der Waals surface area contributed by atoms with E-state index >= 15 is 0 Å². The summed E-state index contributed by atoms with van der Waals surface area (Å²) in [6.45, 7) is 9.27. The number of likely N-dealkylation sites (N-methyl/N-ethyl adjacent to an activating group) is 1. The zero-order chi connectivity index (χ0) is 12.6. The molecular weight excluding hydrogens is 226 g/mol. The molecule has 102 valence electrons. The van der Waals surface area contributed by atoms with Gasteiger partial charge in [0.25, 0.3) is 0 Å². The van der Waals surface area contributed by atoms with E-state index in [1.54, 1.807) is 0 Å². The van der Waals surface area contributed by atoms with Gasteiger partial charge in [-0.05, 0) is 20.0 Å². The van der Waals surface area contributed by atoms with Crippen LogP contribution in [0, 0.1) is 0 Å². The molecule has 0 unspecified atom stereocenters. The minimum atomic E-state index is 1.07. The lowest BCUT2D eigenvalue weighted by molar-refractivity contribution is 0.203. The van der Waals surface area contributed by atoms with Crippen LogP contribution in [0.1, 0.15) is 6.42 Å². The second kappa shape index (κ2) is 7.51. The quantitative estimate of drug-likeness (QED) is 0.746. The Balaban J connectivity index is 1.53. The van der Waals surface area contributed by atoms with E-state index in [1.165, 1.54) is 32.6 Å². The number of rotatable bonds is 7. The Bertz CT molecular complexity index is 305. The summed E-state index contributed by atoms with van der Waals surface area (Å²) in [5.74, 6) is 0. The van der Waals surface area contributed by atoms with E-state index in [9.17, 15) is 0 Å². The minimum Gasteiger partial charge on any atom is -0.337 e. The molecule has 1 aliphatic rings. The highest BCUT2D eigenvalue weighted by Crippen LogP contribution is 1.96. The predicted molar refractivity (Wildman–Crippen MR) is 73.7 cm³/mol. The van der Waals surface area contributed by atoms with Crippen molar-refractivity contribution in [1.82, 2.24) is 24.7 Å². The molecule has 5 heteroatoms. The number of imidazole rings is 1. The molecule has 18 heavy (non-hydrogen) atoms. The largest absolute Gasteiger partial charge is 0.337 e. The number of aryl methyl sites for hydroxylation is 1. The lowest BCUT2D eigenvalue weighted by Crippen LogP contribution is -2.46. The number of hydrogen-bond acceptors (Lipinski definition) is 4. The molecule has 1 fully saturated rings. The molecular formula is C13H25N5. The van der Waals surface area contributed by atoms with Gasteiger partial charge in [0.15, 0.2) is 0 Å². The minimum absolute atomic E-state index is 1.07. The van der Waals surface area contributed by atoms with Gasteiger partial charge in [0.1, 0.15) is 0 Å². The van der Waals surface area contributed by atoms with Crippen molar-refractivity contribution in [3.8, 4) is 0 Å². The van der Waals surface area contributed by atoms with Crippen LogP contribution in [0.25, 0.3) is 0 Å². The van der Waals surface area contributed by atoms with Crippen LogP contribution in [0.4, 0.5) is 0 Å². The van der Waals surface area contributed by atoms with E-state index in [0.717, 1.165) is 26.2 Å². The maximum absolute atomic E-state index is 4.05. The zero-order valence-electron chi connectivity index (χ0n) is 11.4. The lowest BCUT2D eigenvalue weighted by atomic mass is 10.3. The van der Waals surface area contributed by atoms with Crippen LogP contribution in [-0.2, 0) is 6.54 Å². The van der Waals surface area contributed by atoms with Crippen LogP contribution in [-0.4, -0.2) is 72.2 Å². The van der Waals surface area contributed by atoms with E-state index in [0.29, 0.717) is 0 Å². The van der Waals surface area contributed by atoms with Crippen molar-refractivity contribution in [3.05, 3.63) is 18.7 Å². The topological polar surface area (TPSA) is 36.3 Å². The predicted octanol–water partition coefficient (Wildman–Crippen LogP) is 0.110. The van der Waals surface area contributed by atoms with Crippen molar-refractivity contribution >= 4 is 0 Å². The number of nitrogens with zero attached hydrogens (tertiary/aromatic N) is 4. The molecule has 0 radical (unpaired) electrons. The molecule has 0 amide bonds. The average Bonchev–Trinajstić information content (AvgIpc) is 2.91. The first-order chi connectivity index (χ1) is 8.84. The Hall–Kier alpha value is -0.910. The summed E-state index contributed by atoms with van der Waals surface area (Å²) in [6, 6.07) is 0. The van der Waals surface area contributed by atoms with Crippen molar-refractivity contribution in [1.29, 1.82) is 0 Å². The maximum Gasteiger partial charge on any atom is 0.0945 e. The standard InChI is InChI=1S/C13H25N5/c1-16(6-2-7-18-10-5-15-13-18)11-12-17-8-3-14-4-9-17/h5,10,13-14H,2-4,6-9,11-12H2,1H3. The highest BCUT2D eigenvalue weighted by molar-refractivity contribution is 4.74. The lowest BCUT2D eigenvalue weighted by Gasteiger charge is -2.29. The zero-order valence-corrected chi connectivity index (χ0v) is 11.4. The highest BCUT2D eigenvalue weighted by Gasteiger charge is 2.09. The van der Waals surface area contributed by atoms with Gasteiger partial charge in [-0.15, -0.1) is 0 Å². The molecule has 0 aliphatic carbocycles. The molecule has 1 aromatic heterocycles. The summed E-state index contributed by atoms with van der Waals surface area (Å²) in [4.78, 5) is 9.03. The molecule has 1 saturated heterocycles. The molecule has 0 spiro atoms. The SMILES string of the molecule is CN(CCCn1ccnc1)CCN1CCNCC1. The van der Waals surface area contributed by atoms with Gasteiger partial charge in [-0.25, -0.2) is 4.98 Å². The Morgan fingerprint density at radius 3 is 2.78 bits per heavy atom. The summed E-state index contributed by atoms with van der Waals surface area (Å²) in [6.07, 6.45) is 6.95. The van der Waals surface area contributed by atoms with E-state index in [4.69, 9.17) is 0 Å². The molecule has 0 saturated carbocycles.